The zero-order valence-corrected chi connectivity index (χ0v) is 11.3. The Bertz CT molecular complexity index is 551. The third-order valence-corrected chi connectivity index (χ3v) is 2.99. The molecule has 2 nitrogen and oxygen atoms in total. The zero-order valence-electron chi connectivity index (χ0n) is 11.3. The fraction of sp³-hybridized carbons (Fsp3) is 0.467. The molecule has 1 aromatic heterocycles. The maximum absolute atomic E-state index is 4.62. The van der Waals surface area contributed by atoms with Gasteiger partial charge in [-0.1, -0.05) is 39.8 Å². The lowest BCUT2D eigenvalue weighted by Crippen LogP contribution is -2.15. The van der Waals surface area contributed by atoms with Crippen molar-refractivity contribution in [2.75, 3.05) is 0 Å². The van der Waals surface area contributed by atoms with Crippen molar-refractivity contribution in [3.63, 3.8) is 0 Å². The van der Waals surface area contributed by atoms with Gasteiger partial charge < -0.3 is 0 Å². The van der Waals surface area contributed by atoms with E-state index in [9.17, 15) is 0 Å². The molecule has 0 N–H and O–H groups in total. The van der Waals surface area contributed by atoms with E-state index < -0.39 is 0 Å². The summed E-state index contributed by atoms with van der Waals surface area (Å²) >= 11 is 0. The SMILES string of the molecule is CCc1ccc2c(C(C)(C)C)nc(C)nc2c1. The van der Waals surface area contributed by atoms with E-state index in [1.165, 1.54) is 10.9 Å². The van der Waals surface area contributed by atoms with Gasteiger partial charge in [0, 0.05) is 10.8 Å². The first kappa shape index (κ1) is 12.0. The third kappa shape index (κ3) is 2.31. The molecule has 2 rings (SSSR count). The fourth-order valence-electron chi connectivity index (χ4n) is 2.08. The predicted octanol–water partition coefficient (Wildman–Crippen LogP) is 3.80. The van der Waals surface area contributed by atoms with Crippen LogP contribution < -0.4 is 0 Å². The van der Waals surface area contributed by atoms with Crippen molar-refractivity contribution in [3.05, 3.63) is 35.3 Å². The Hall–Kier alpha value is -1.44. The van der Waals surface area contributed by atoms with Gasteiger partial charge >= 0.3 is 0 Å². The lowest BCUT2D eigenvalue weighted by molar-refractivity contribution is 0.571. The van der Waals surface area contributed by atoms with E-state index in [0.717, 1.165) is 23.5 Å². The standard InChI is InChI=1S/C15H20N2/c1-6-11-7-8-12-13(9-11)16-10(2)17-14(12)15(3,4)5/h7-9H,6H2,1-5H3. The van der Waals surface area contributed by atoms with Crippen molar-refractivity contribution in [1.29, 1.82) is 0 Å². The molecule has 0 amide bonds. The number of fused-ring (bicyclic) bond motifs is 1. The average molecular weight is 228 g/mol. The highest BCUT2D eigenvalue weighted by atomic mass is 14.9. The molecule has 1 aromatic carbocycles. The molecule has 2 aromatic rings. The van der Waals surface area contributed by atoms with Crippen LogP contribution in [-0.4, -0.2) is 9.97 Å². The quantitative estimate of drug-likeness (QED) is 0.742. The Morgan fingerprint density at radius 1 is 1.12 bits per heavy atom. The number of aromatic nitrogens is 2. The van der Waals surface area contributed by atoms with Crippen LogP contribution in [0.3, 0.4) is 0 Å². The van der Waals surface area contributed by atoms with Gasteiger partial charge in [-0.05, 0) is 25.0 Å². The second-order valence-electron chi connectivity index (χ2n) is 5.57. The van der Waals surface area contributed by atoms with E-state index in [1.807, 2.05) is 6.92 Å². The minimum atomic E-state index is 0.0552. The summed E-state index contributed by atoms with van der Waals surface area (Å²) < 4.78 is 0. The van der Waals surface area contributed by atoms with Gasteiger partial charge in [0.1, 0.15) is 5.82 Å². The molecule has 0 radical (unpaired) electrons. The second-order valence-corrected chi connectivity index (χ2v) is 5.57. The normalized spacial score (nSPS) is 12.1. The first-order chi connectivity index (χ1) is 7.91. The van der Waals surface area contributed by atoms with Crippen LogP contribution in [-0.2, 0) is 11.8 Å². The van der Waals surface area contributed by atoms with E-state index in [1.54, 1.807) is 0 Å². The molecular formula is C15H20N2. The summed E-state index contributed by atoms with van der Waals surface area (Å²) in [7, 11) is 0. The molecule has 0 aliphatic rings. The van der Waals surface area contributed by atoms with Crippen molar-refractivity contribution in [2.45, 2.75) is 46.5 Å². The molecule has 0 aliphatic carbocycles. The fourth-order valence-corrected chi connectivity index (χ4v) is 2.08. The molecule has 0 aliphatic heterocycles. The molecule has 0 bridgehead atoms. The highest BCUT2D eigenvalue weighted by molar-refractivity contribution is 5.82. The van der Waals surface area contributed by atoms with E-state index in [4.69, 9.17) is 0 Å². The predicted molar refractivity (Wildman–Crippen MR) is 72.4 cm³/mol. The van der Waals surface area contributed by atoms with Crippen molar-refractivity contribution < 1.29 is 0 Å². The minimum absolute atomic E-state index is 0.0552. The Balaban J connectivity index is 2.77. The van der Waals surface area contributed by atoms with Crippen molar-refractivity contribution in [2.24, 2.45) is 0 Å². The number of hydrogen-bond acceptors (Lipinski definition) is 2. The molecule has 17 heavy (non-hydrogen) atoms. The number of nitrogens with zero attached hydrogens (tertiary/aromatic N) is 2. The summed E-state index contributed by atoms with van der Waals surface area (Å²) in [5.74, 6) is 0.857. The molecule has 0 saturated heterocycles. The summed E-state index contributed by atoms with van der Waals surface area (Å²) in [6, 6.07) is 6.52. The van der Waals surface area contributed by atoms with Crippen molar-refractivity contribution in [1.82, 2.24) is 9.97 Å². The molecule has 0 unspecified atom stereocenters. The smallest absolute Gasteiger partial charge is 0.126 e. The van der Waals surface area contributed by atoms with E-state index in [2.05, 4.69) is 55.9 Å². The molecule has 2 heteroatoms. The molecule has 90 valence electrons. The van der Waals surface area contributed by atoms with Gasteiger partial charge in [0.2, 0.25) is 0 Å². The van der Waals surface area contributed by atoms with Crippen LogP contribution in [0.1, 0.15) is 44.8 Å². The lowest BCUT2D eigenvalue weighted by Gasteiger charge is -2.20. The van der Waals surface area contributed by atoms with Crippen LogP contribution >= 0.6 is 0 Å². The van der Waals surface area contributed by atoms with Gasteiger partial charge in [0.25, 0.3) is 0 Å². The van der Waals surface area contributed by atoms with E-state index >= 15 is 0 Å². The summed E-state index contributed by atoms with van der Waals surface area (Å²) in [4.78, 5) is 9.16. The number of rotatable bonds is 1. The van der Waals surface area contributed by atoms with E-state index in [-0.39, 0.29) is 5.41 Å². The van der Waals surface area contributed by atoms with Crippen LogP contribution in [0.5, 0.6) is 0 Å². The maximum atomic E-state index is 4.62. The van der Waals surface area contributed by atoms with Crippen molar-refractivity contribution >= 4 is 10.9 Å². The molecule has 0 atom stereocenters. The number of hydrogen-bond donors (Lipinski definition) is 0. The third-order valence-electron chi connectivity index (χ3n) is 2.99. The first-order valence-corrected chi connectivity index (χ1v) is 6.19. The lowest BCUT2D eigenvalue weighted by atomic mass is 9.88. The van der Waals surface area contributed by atoms with E-state index in [0.29, 0.717) is 0 Å². The first-order valence-electron chi connectivity index (χ1n) is 6.19. The molecule has 0 fully saturated rings. The zero-order chi connectivity index (χ0) is 12.6. The summed E-state index contributed by atoms with van der Waals surface area (Å²) in [5.41, 5.74) is 3.60. The van der Waals surface area contributed by atoms with Crippen LogP contribution in [0.25, 0.3) is 10.9 Å². The van der Waals surface area contributed by atoms with Gasteiger partial charge in [-0.15, -0.1) is 0 Å². The Kier molecular flexibility index (Phi) is 2.90. The monoisotopic (exact) mass is 228 g/mol. The molecule has 1 heterocycles. The Labute approximate surface area is 103 Å². The summed E-state index contributed by atoms with van der Waals surface area (Å²) in [5, 5.41) is 1.18. The largest absolute Gasteiger partial charge is 0.237 e. The van der Waals surface area contributed by atoms with Gasteiger partial charge in [-0.25, -0.2) is 9.97 Å². The molecular weight excluding hydrogens is 208 g/mol. The van der Waals surface area contributed by atoms with Gasteiger partial charge in [0.05, 0.1) is 11.2 Å². The molecule has 0 saturated carbocycles. The maximum Gasteiger partial charge on any atom is 0.126 e. The topological polar surface area (TPSA) is 25.8 Å². The number of benzene rings is 1. The highest BCUT2D eigenvalue weighted by Gasteiger charge is 2.19. The Morgan fingerprint density at radius 2 is 1.82 bits per heavy atom. The van der Waals surface area contributed by atoms with Gasteiger partial charge in [-0.2, -0.15) is 0 Å². The Morgan fingerprint density at radius 3 is 2.41 bits per heavy atom. The average Bonchev–Trinajstić information content (AvgIpc) is 2.25. The second kappa shape index (κ2) is 4.10. The van der Waals surface area contributed by atoms with Crippen LogP contribution in [0.2, 0.25) is 0 Å². The molecule has 0 spiro atoms. The van der Waals surface area contributed by atoms with Crippen molar-refractivity contribution in [3.8, 4) is 0 Å². The van der Waals surface area contributed by atoms with Gasteiger partial charge in [0.15, 0.2) is 0 Å². The van der Waals surface area contributed by atoms with Crippen LogP contribution in [0.15, 0.2) is 18.2 Å². The summed E-state index contributed by atoms with van der Waals surface area (Å²) in [6.07, 6.45) is 1.05. The highest BCUT2D eigenvalue weighted by Crippen LogP contribution is 2.28. The van der Waals surface area contributed by atoms with Crippen LogP contribution in [0.4, 0.5) is 0 Å². The summed E-state index contributed by atoms with van der Waals surface area (Å²) in [6.45, 7) is 10.7. The minimum Gasteiger partial charge on any atom is -0.237 e. The van der Waals surface area contributed by atoms with Gasteiger partial charge in [-0.3, -0.25) is 0 Å². The number of aryl methyl sites for hydroxylation is 2. The van der Waals surface area contributed by atoms with Crippen LogP contribution in [0, 0.1) is 6.92 Å².